The van der Waals surface area contributed by atoms with E-state index in [-0.39, 0.29) is 11.9 Å². The molecule has 1 aromatic heterocycles. The number of thiazole rings is 1. The summed E-state index contributed by atoms with van der Waals surface area (Å²) in [7, 11) is 0. The number of benzene rings is 1. The molecule has 0 atom stereocenters. The molecule has 0 saturated carbocycles. The lowest BCUT2D eigenvalue weighted by atomic mass is 10.2. The maximum absolute atomic E-state index is 11.7. The molecule has 3 nitrogen and oxygen atoms in total. The van der Waals surface area contributed by atoms with Crippen molar-refractivity contribution in [2.45, 2.75) is 19.9 Å². The second-order valence-corrected chi connectivity index (χ2v) is 5.14. The van der Waals surface area contributed by atoms with Crippen LogP contribution in [0.4, 0.5) is 0 Å². The summed E-state index contributed by atoms with van der Waals surface area (Å²) in [6.07, 6.45) is 0. The third-order valence-corrected chi connectivity index (χ3v) is 3.00. The van der Waals surface area contributed by atoms with Gasteiger partial charge in [0, 0.05) is 17.0 Å². The minimum atomic E-state index is -0.154. The van der Waals surface area contributed by atoms with Crippen LogP contribution in [-0.2, 0) is 0 Å². The van der Waals surface area contributed by atoms with Gasteiger partial charge in [-0.3, -0.25) is 4.79 Å². The van der Waals surface area contributed by atoms with E-state index in [0.29, 0.717) is 10.7 Å². The quantitative estimate of drug-likeness (QED) is 0.852. The zero-order valence-electron chi connectivity index (χ0n) is 10.8. The lowest BCUT2D eigenvalue weighted by Crippen LogP contribution is -2.30. The summed E-state index contributed by atoms with van der Waals surface area (Å²) >= 11 is 1.38. The average Bonchev–Trinajstić information content (AvgIpc) is 2.86. The molecule has 0 fully saturated rings. The second kappa shape index (κ2) is 6.17. The van der Waals surface area contributed by atoms with E-state index in [9.17, 15) is 4.79 Å². The molecule has 0 saturated heterocycles. The first kappa shape index (κ1) is 13.3. The van der Waals surface area contributed by atoms with Gasteiger partial charge in [-0.25, -0.2) is 4.98 Å². The van der Waals surface area contributed by atoms with Crippen molar-refractivity contribution in [1.29, 1.82) is 0 Å². The van der Waals surface area contributed by atoms with Crippen LogP contribution < -0.4 is 5.32 Å². The van der Waals surface area contributed by atoms with Gasteiger partial charge in [0.15, 0.2) is 5.01 Å². The third-order valence-electron chi connectivity index (χ3n) is 2.24. The monoisotopic (exact) mass is 270 g/mol. The highest BCUT2D eigenvalue weighted by atomic mass is 32.1. The second-order valence-electron chi connectivity index (χ2n) is 4.28. The van der Waals surface area contributed by atoms with Crippen molar-refractivity contribution in [2.75, 3.05) is 0 Å². The molecule has 2 rings (SSSR count). The highest BCUT2D eigenvalue weighted by Crippen LogP contribution is 2.09. The number of carbonyl (C=O) groups excluding carboxylic acids is 1. The molecule has 0 radical (unpaired) electrons. The number of aromatic nitrogens is 1. The minimum Gasteiger partial charge on any atom is -0.349 e. The topological polar surface area (TPSA) is 42.0 Å². The number of carbonyl (C=O) groups is 1. The highest BCUT2D eigenvalue weighted by molar-refractivity contribution is 7.10. The number of amides is 1. The lowest BCUT2D eigenvalue weighted by molar-refractivity contribution is 0.0938. The Morgan fingerprint density at radius 2 is 2.00 bits per heavy atom. The molecule has 4 heteroatoms. The van der Waals surface area contributed by atoms with Gasteiger partial charge in [-0.2, -0.15) is 0 Å². The molecule has 1 aromatic carbocycles. The number of nitrogens with zero attached hydrogens (tertiary/aromatic N) is 1. The van der Waals surface area contributed by atoms with Gasteiger partial charge < -0.3 is 5.32 Å². The fourth-order valence-corrected chi connectivity index (χ4v) is 2.06. The summed E-state index contributed by atoms with van der Waals surface area (Å²) < 4.78 is 0. The molecule has 0 spiro atoms. The van der Waals surface area contributed by atoms with Gasteiger partial charge in [-0.1, -0.05) is 24.1 Å². The minimum absolute atomic E-state index is 0.105. The summed E-state index contributed by atoms with van der Waals surface area (Å²) in [5.74, 6) is 5.83. The molecule has 1 amide bonds. The Morgan fingerprint density at radius 3 is 2.68 bits per heavy atom. The molecular weight excluding hydrogens is 256 g/mol. The van der Waals surface area contributed by atoms with Crippen molar-refractivity contribution >= 4 is 17.2 Å². The first-order chi connectivity index (χ1) is 9.15. The van der Waals surface area contributed by atoms with E-state index in [4.69, 9.17) is 0 Å². The van der Waals surface area contributed by atoms with E-state index in [2.05, 4.69) is 22.1 Å². The van der Waals surface area contributed by atoms with Crippen LogP contribution in [0.25, 0.3) is 0 Å². The summed E-state index contributed by atoms with van der Waals surface area (Å²) in [5, 5.41) is 5.18. The SMILES string of the molecule is CC(C)NC(=O)c1csc(C#Cc2ccccc2)n1. The number of hydrogen-bond donors (Lipinski definition) is 1. The van der Waals surface area contributed by atoms with E-state index in [0.717, 1.165) is 5.56 Å². The first-order valence-corrected chi connectivity index (χ1v) is 6.86. The fraction of sp³-hybridized carbons (Fsp3) is 0.200. The highest BCUT2D eigenvalue weighted by Gasteiger charge is 2.10. The van der Waals surface area contributed by atoms with E-state index in [1.165, 1.54) is 11.3 Å². The number of nitrogens with one attached hydrogen (secondary N) is 1. The van der Waals surface area contributed by atoms with Crippen molar-refractivity contribution in [2.24, 2.45) is 0 Å². The molecule has 1 N–H and O–H groups in total. The number of rotatable bonds is 2. The van der Waals surface area contributed by atoms with Crippen molar-refractivity contribution in [1.82, 2.24) is 10.3 Å². The van der Waals surface area contributed by atoms with Gasteiger partial charge in [0.05, 0.1) is 0 Å². The predicted molar refractivity (Wildman–Crippen MR) is 77.1 cm³/mol. The molecule has 0 aliphatic carbocycles. The maximum atomic E-state index is 11.7. The van der Waals surface area contributed by atoms with Crippen LogP contribution in [0.3, 0.4) is 0 Å². The molecule has 0 bridgehead atoms. The molecule has 19 heavy (non-hydrogen) atoms. The van der Waals surface area contributed by atoms with Gasteiger partial charge in [-0.15, -0.1) is 11.3 Å². The zero-order chi connectivity index (χ0) is 13.7. The maximum Gasteiger partial charge on any atom is 0.271 e. The van der Waals surface area contributed by atoms with E-state index in [1.807, 2.05) is 44.2 Å². The van der Waals surface area contributed by atoms with Crippen molar-refractivity contribution in [3.63, 3.8) is 0 Å². The molecular formula is C15H14N2OS. The fourth-order valence-electron chi connectivity index (χ4n) is 1.42. The Kier molecular flexibility index (Phi) is 4.32. The largest absolute Gasteiger partial charge is 0.349 e. The van der Waals surface area contributed by atoms with E-state index in [1.54, 1.807) is 5.38 Å². The summed E-state index contributed by atoms with van der Waals surface area (Å²) in [5.41, 5.74) is 1.36. The summed E-state index contributed by atoms with van der Waals surface area (Å²) in [6.45, 7) is 3.83. The van der Waals surface area contributed by atoms with Crippen molar-refractivity contribution < 1.29 is 4.79 Å². The van der Waals surface area contributed by atoms with Crippen LogP contribution in [-0.4, -0.2) is 16.9 Å². The summed E-state index contributed by atoms with van der Waals surface area (Å²) in [6, 6.07) is 9.80. The normalized spacial score (nSPS) is 9.84. The third kappa shape index (κ3) is 3.94. The molecule has 0 aliphatic rings. The van der Waals surface area contributed by atoms with E-state index < -0.39 is 0 Å². The van der Waals surface area contributed by atoms with Gasteiger partial charge in [-0.05, 0) is 31.9 Å². The Morgan fingerprint density at radius 1 is 1.26 bits per heavy atom. The van der Waals surface area contributed by atoms with Gasteiger partial charge >= 0.3 is 0 Å². The number of hydrogen-bond acceptors (Lipinski definition) is 3. The van der Waals surface area contributed by atoms with Crippen LogP contribution in [0.15, 0.2) is 35.7 Å². The Bertz CT molecular complexity index is 620. The Labute approximate surface area is 116 Å². The lowest BCUT2D eigenvalue weighted by Gasteiger charge is -2.04. The molecule has 0 unspecified atom stereocenters. The van der Waals surface area contributed by atoms with Gasteiger partial charge in [0.1, 0.15) is 5.69 Å². The molecule has 0 aliphatic heterocycles. The molecule has 96 valence electrons. The van der Waals surface area contributed by atoms with Crippen molar-refractivity contribution in [3.05, 3.63) is 52.0 Å². The first-order valence-electron chi connectivity index (χ1n) is 5.98. The van der Waals surface area contributed by atoms with Crippen molar-refractivity contribution in [3.8, 4) is 11.8 Å². The van der Waals surface area contributed by atoms with Crippen LogP contribution in [0.1, 0.15) is 34.9 Å². The summed E-state index contributed by atoms with van der Waals surface area (Å²) in [4.78, 5) is 15.9. The smallest absolute Gasteiger partial charge is 0.271 e. The van der Waals surface area contributed by atoms with Gasteiger partial charge in [0.2, 0.25) is 0 Å². The standard InChI is InChI=1S/C15H14N2OS/c1-11(2)16-15(18)13-10-19-14(17-13)9-8-12-6-4-3-5-7-12/h3-7,10-11H,1-2H3,(H,16,18). The van der Waals surface area contributed by atoms with E-state index >= 15 is 0 Å². The van der Waals surface area contributed by atoms with Crippen LogP contribution in [0.2, 0.25) is 0 Å². The average molecular weight is 270 g/mol. The predicted octanol–water partition coefficient (Wildman–Crippen LogP) is 2.68. The van der Waals surface area contributed by atoms with Crippen LogP contribution >= 0.6 is 11.3 Å². The molecule has 1 heterocycles. The van der Waals surface area contributed by atoms with Crippen LogP contribution in [0, 0.1) is 11.8 Å². The Hall–Kier alpha value is -2.12. The zero-order valence-corrected chi connectivity index (χ0v) is 11.6. The van der Waals surface area contributed by atoms with Crippen LogP contribution in [0.5, 0.6) is 0 Å². The van der Waals surface area contributed by atoms with Gasteiger partial charge in [0.25, 0.3) is 5.91 Å². The Balaban J connectivity index is 2.10. The molecule has 2 aromatic rings.